The van der Waals surface area contributed by atoms with Gasteiger partial charge in [0.2, 0.25) is 0 Å². The van der Waals surface area contributed by atoms with Gasteiger partial charge in [-0.2, -0.15) is 0 Å². The number of hydrogen-bond donors (Lipinski definition) is 4. The third-order valence-corrected chi connectivity index (χ3v) is 4.95. The summed E-state index contributed by atoms with van der Waals surface area (Å²) in [6.45, 7) is 2.41. The van der Waals surface area contributed by atoms with E-state index in [1.807, 2.05) is 6.92 Å². The number of hydrogen-bond acceptors (Lipinski definition) is 5. The van der Waals surface area contributed by atoms with Crippen LogP contribution in [0.1, 0.15) is 36.1 Å². The maximum absolute atomic E-state index is 11.9. The Morgan fingerprint density at radius 2 is 1.87 bits per heavy atom. The molecule has 7 nitrogen and oxygen atoms in total. The second-order valence-corrected chi connectivity index (χ2v) is 7.02. The number of rotatable bonds is 9. The molecule has 0 saturated heterocycles. The molecule has 2 atom stereocenters. The van der Waals surface area contributed by atoms with Crippen LogP contribution >= 0.6 is 24.8 Å². The number of halogens is 2. The smallest absolute Gasteiger partial charge is 0.311 e. The van der Waals surface area contributed by atoms with E-state index in [1.165, 1.54) is 0 Å². The lowest BCUT2D eigenvalue weighted by molar-refractivity contribution is -0.138. The third-order valence-electron chi connectivity index (χ3n) is 4.95. The van der Waals surface area contributed by atoms with E-state index in [0.717, 1.165) is 17.2 Å². The highest BCUT2D eigenvalue weighted by atomic mass is 35.5. The minimum atomic E-state index is -0.934. The van der Waals surface area contributed by atoms with E-state index in [0.29, 0.717) is 29.2 Å². The minimum absolute atomic E-state index is 0. The van der Waals surface area contributed by atoms with Crippen molar-refractivity contribution in [3.8, 4) is 5.75 Å². The molecule has 0 aliphatic carbocycles. The predicted molar refractivity (Wildman–Crippen MR) is 126 cm³/mol. The quantitative estimate of drug-likeness (QED) is 0.276. The number of aliphatic carboxylic acids is 1. The van der Waals surface area contributed by atoms with Gasteiger partial charge in [0.1, 0.15) is 24.0 Å². The van der Waals surface area contributed by atoms with Gasteiger partial charge in [-0.05, 0) is 30.2 Å². The van der Waals surface area contributed by atoms with Gasteiger partial charge in [-0.25, -0.2) is 0 Å². The first-order valence-corrected chi connectivity index (χ1v) is 9.44. The maximum atomic E-state index is 11.9. The van der Waals surface area contributed by atoms with Crippen molar-refractivity contribution in [2.24, 2.45) is 11.5 Å². The fourth-order valence-electron chi connectivity index (χ4n) is 3.09. The van der Waals surface area contributed by atoms with Crippen molar-refractivity contribution in [1.82, 2.24) is 0 Å². The monoisotopic (exact) mass is 467 g/mol. The van der Waals surface area contributed by atoms with Crippen LogP contribution in [0, 0.1) is 5.41 Å². The number of furan rings is 1. The number of carboxylic acids is 1. The zero-order chi connectivity index (χ0) is 21.0. The molecule has 0 spiro atoms. The van der Waals surface area contributed by atoms with E-state index < -0.39 is 11.9 Å². The largest absolute Gasteiger partial charge is 0.492 e. The van der Waals surface area contributed by atoms with Crippen molar-refractivity contribution in [3.63, 3.8) is 0 Å². The van der Waals surface area contributed by atoms with Crippen LogP contribution in [-0.4, -0.2) is 29.6 Å². The number of nitrogens with one attached hydrogen (secondary N) is 1. The normalized spacial score (nSPS) is 12.3. The van der Waals surface area contributed by atoms with Gasteiger partial charge in [0, 0.05) is 28.8 Å². The molecule has 0 fully saturated rings. The molecule has 1 heterocycles. The highest BCUT2D eigenvalue weighted by molar-refractivity contribution is 5.99. The summed E-state index contributed by atoms with van der Waals surface area (Å²) in [4.78, 5) is 11.9. The Labute approximate surface area is 193 Å². The molecule has 1 aromatic heterocycles. The lowest BCUT2D eigenvalue weighted by Crippen LogP contribution is -2.26. The Morgan fingerprint density at radius 1 is 1.19 bits per heavy atom. The number of fused-ring (bicyclic) bond motifs is 1. The number of benzene rings is 2. The van der Waals surface area contributed by atoms with Gasteiger partial charge in [0.05, 0.1) is 12.2 Å². The maximum Gasteiger partial charge on any atom is 0.311 e. The number of nitrogen functional groups attached to an aromatic ring is 1. The summed E-state index contributed by atoms with van der Waals surface area (Å²) in [5.74, 6) is -0.487. The van der Waals surface area contributed by atoms with Gasteiger partial charge in [0.15, 0.2) is 0 Å². The van der Waals surface area contributed by atoms with E-state index in [9.17, 15) is 9.90 Å². The van der Waals surface area contributed by atoms with Gasteiger partial charge < -0.3 is 25.7 Å². The topological polar surface area (TPSA) is 136 Å². The molecule has 0 radical (unpaired) electrons. The summed E-state index contributed by atoms with van der Waals surface area (Å²) < 4.78 is 11.3. The average Bonchev–Trinajstić information content (AvgIpc) is 3.12. The molecule has 0 aliphatic heterocycles. The van der Waals surface area contributed by atoms with E-state index in [4.69, 9.17) is 26.0 Å². The van der Waals surface area contributed by atoms with Crippen LogP contribution in [0.25, 0.3) is 10.8 Å². The number of ether oxygens (including phenoxy) is 1. The number of amidine groups is 1. The van der Waals surface area contributed by atoms with Gasteiger partial charge >= 0.3 is 5.97 Å². The molecule has 6 N–H and O–H groups in total. The lowest BCUT2D eigenvalue weighted by Gasteiger charge is -2.14. The second kappa shape index (κ2) is 11.6. The van der Waals surface area contributed by atoms with Gasteiger partial charge in [-0.3, -0.25) is 10.2 Å². The average molecular weight is 468 g/mol. The molecule has 0 amide bonds. The van der Waals surface area contributed by atoms with Crippen LogP contribution in [0.3, 0.4) is 0 Å². The highest BCUT2D eigenvalue weighted by Crippen LogP contribution is 2.29. The molecule has 0 bridgehead atoms. The van der Waals surface area contributed by atoms with Crippen LogP contribution in [0.5, 0.6) is 5.75 Å². The molecule has 31 heavy (non-hydrogen) atoms. The standard InChI is InChI=1S/C22H25N3O4.2ClH/c1-2-16(23)12-28-17-6-3-13(4-7-17)19(22(26)27)10-20-18-8-5-14(21(24)25)9-15(18)11-29-20;;/h3-9,11,16,19H,2,10,12,23H2,1H3,(H3,24,25)(H,26,27);2*1H/t16-,19?;;/m0../s1. The Morgan fingerprint density at radius 3 is 2.45 bits per heavy atom. The van der Waals surface area contributed by atoms with E-state index in [1.54, 1.807) is 48.7 Å². The van der Waals surface area contributed by atoms with Gasteiger partial charge in [-0.1, -0.05) is 31.2 Å². The summed E-state index contributed by atoms with van der Waals surface area (Å²) in [7, 11) is 0. The highest BCUT2D eigenvalue weighted by Gasteiger charge is 2.23. The zero-order valence-corrected chi connectivity index (χ0v) is 18.7. The van der Waals surface area contributed by atoms with Crippen LogP contribution in [0.4, 0.5) is 0 Å². The first-order valence-electron chi connectivity index (χ1n) is 9.44. The van der Waals surface area contributed by atoms with Crippen LogP contribution in [0.2, 0.25) is 0 Å². The Bertz CT molecular complexity index is 1020. The first-order chi connectivity index (χ1) is 13.9. The molecular formula is C22H27Cl2N3O4. The predicted octanol–water partition coefficient (Wildman–Crippen LogP) is 4.09. The molecule has 168 valence electrons. The summed E-state index contributed by atoms with van der Waals surface area (Å²) in [5, 5.41) is 18.9. The number of nitrogens with two attached hydrogens (primary N) is 2. The molecule has 0 saturated carbocycles. The fourth-order valence-corrected chi connectivity index (χ4v) is 3.09. The Hall–Kier alpha value is -2.74. The Kier molecular flexibility index (Phi) is 9.84. The van der Waals surface area contributed by atoms with Gasteiger partial charge in [-0.15, -0.1) is 24.8 Å². The van der Waals surface area contributed by atoms with Crippen molar-refractivity contribution in [2.75, 3.05) is 6.61 Å². The summed E-state index contributed by atoms with van der Waals surface area (Å²) in [5.41, 5.74) is 12.6. The minimum Gasteiger partial charge on any atom is -0.492 e. The van der Waals surface area contributed by atoms with Crippen molar-refractivity contribution in [3.05, 3.63) is 65.6 Å². The lowest BCUT2D eigenvalue weighted by atomic mass is 9.93. The van der Waals surface area contributed by atoms with Crippen molar-refractivity contribution >= 4 is 47.4 Å². The number of carbonyl (C=O) groups is 1. The molecule has 0 aliphatic rings. The molecule has 2 aromatic carbocycles. The van der Waals surface area contributed by atoms with Gasteiger partial charge in [0.25, 0.3) is 0 Å². The van der Waals surface area contributed by atoms with Crippen LogP contribution in [0.15, 0.2) is 53.1 Å². The number of carboxylic acid groups (broad SMARTS) is 1. The molecular weight excluding hydrogens is 441 g/mol. The van der Waals surface area contributed by atoms with E-state index in [2.05, 4.69) is 0 Å². The second-order valence-electron chi connectivity index (χ2n) is 7.02. The van der Waals surface area contributed by atoms with Crippen molar-refractivity contribution in [2.45, 2.75) is 31.7 Å². The first kappa shape index (κ1) is 26.3. The fraction of sp³-hybridized carbons (Fsp3) is 0.273. The third kappa shape index (κ3) is 6.37. The van der Waals surface area contributed by atoms with Crippen molar-refractivity contribution < 1.29 is 19.1 Å². The van der Waals surface area contributed by atoms with Crippen LogP contribution < -0.4 is 16.2 Å². The summed E-state index contributed by atoms with van der Waals surface area (Å²) in [6, 6.07) is 12.3. The molecule has 1 unspecified atom stereocenters. The van der Waals surface area contributed by atoms with E-state index >= 15 is 0 Å². The SMILES string of the molecule is CC[C@H](N)COc1ccc(C(Cc2occ3cc(C(=N)N)ccc23)C(=O)O)cc1.Cl.Cl. The molecule has 9 heteroatoms. The van der Waals surface area contributed by atoms with E-state index in [-0.39, 0.29) is 43.1 Å². The Balaban J connectivity index is 0.00000240. The van der Waals surface area contributed by atoms with Crippen LogP contribution in [-0.2, 0) is 11.2 Å². The zero-order valence-electron chi connectivity index (χ0n) is 17.0. The molecule has 3 aromatic rings. The summed E-state index contributed by atoms with van der Waals surface area (Å²) >= 11 is 0. The molecule has 3 rings (SSSR count). The summed E-state index contributed by atoms with van der Waals surface area (Å²) in [6.07, 6.45) is 2.59. The van der Waals surface area contributed by atoms with Crippen molar-refractivity contribution in [1.29, 1.82) is 5.41 Å².